The van der Waals surface area contributed by atoms with Crippen LogP contribution >= 0.6 is 0 Å². The van der Waals surface area contributed by atoms with Crippen LogP contribution in [-0.2, 0) is 14.8 Å². The zero-order valence-electron chi connectivity index (χ0n) is 20.0. The van der Waals surface area contributed by atoms with Gasteiger partial charge in [-0.1, -0.05) is 43.0 Å². The molecule has 1 amide bonds. The first-order chi connectivity index (χ1) is 17.4. The molecule has 0 bridgehead atoms. The van der Waals surface area contributed by atoms with E-state index in [1.807, 2.05) is 0 Å². The first-order valence-electron chi connectivity index (χ1n) is 10.8. The average Bonchev–Trinajstić information content (AvgIpc) is 2.90. The van der Waals surface area contributed by atoms with Crippen LogP contribution in [0.3, 0.4) is 0 Å². The Bertz CT molecular complexity index is 1330. The summed E-state index contributed by atoms with van der Waals surface area (Å²) in [6.45, 7) is 3.47. The van der Waals surface area contributed by atoms with Crippen molar-refractivity contribution in [2.75, 3.05) is 31.7 Å². The number of amides is 1. The van der Waals surface area contributed by atoms with Gasteiger partial charge in [-0.2, -0.15) is 5.10 Å². The third-order valence-corrected chi connectivity index (χ3v) is 6.67. The lowest BCUT2D eigenvalue weighted by atomic mass is 10.2. The van der Waals surface area contributed by atoms with Gasteiger partial charge in [-0.15, -0.1) is 0 Å². The lowest BCUT2D eigenvalue weighted by Gasteiger charge is -2.24. The molecule has 0 spiro atoms. The van der Waals surface area contributed by atoms with Gasteiger partial charge in [0.15, 0.2) is 11.5 Å². The highest BCUT2D eigenvalue weighted by molar-refractivity contribution is 7.92. The van der Waals surface area contributed by atoms with Crippen molar-refractivity contribution in [2.24, 2.45) is 5.10 Å². The Hall–Kier alpha value is -4.31. The summed E-state index contributed by atoms with van der Waals surface area (Å²) in [5, 5.41) is 3.96. The van der Waals surface area contributed by atoms with Crippen LogP contribution in [0.5, 0.6) is 17.2 Å². The number of ether oxygens (including phenoxy) is 3. The molecule has 3 aromatic carbocycles. The molecule has 9 nitrogen and oxygen atoms in total. The summed E-state index contributed by atoms with van der Waals surface area (Å²) in [7, 11) is -1.27. The highest BCUT2D eigenvalue weighted by atomic mass is 32.2. The summed E-state index contributed by atoms with van der Waals surface area (Å²) in [6, 6.07) is 19.7. The minimum absolute atomic E-state index is 0.0587. The van der Waals surface area contributed by atoms with E-state index in [0.29, 0.717) is 29.4 Å². The van der Waals surface area contributed by atoms with Gasteiger partial charge in [-0.3, -0.25) is 9.10 Å². The molecular weight excluding hydrogens is 482 g/mol. The predicted octanol–water partition coefficient (Wildman–Crippen LogP) is 3.61. The maximum absolute atomic E-state index is 13.5. The maximum atomic E-state index is 13.5. The zero-order chi connectivity index (χ0) is 26.0. The standard InChI is InChI=1S/C26H27N3O6S/c1-4-15-35-22-12-8-9-20(16-22)18-27-28-26(30)19-29(21-10-6-5-7-11-21)36(31,32)23-13-14-24(33-2)25(17-23)34-3/h4-14,16-18H,1,15,19H2,2-3H3,(H,28,30)/b27-18-. The molecule has 0 aliphatic carbocycles. The lowest BCUT2D eigenvalue weighted by Crippen LogP contribution is -2.39. The first-order valence-corrected chi connectivity index (χ1v) is 12.3. The molecule has 0 heterocycles. The predicted molar refractivity (Wildman–Crippen MR) is 138 cm³/mol. The van der Waals surface area contributed by atoms with E-state index in [0.717, 1.165) is 4.31 Å². The van der Waals surface area contributed by atoms with Crippen molar-refractivity contribution in [2.45, 2.75) is 4.90 Å². The molecule has 0 radical (unpaired) electrons. The summed E-state index contributed by atoms with van der Waals surface area (Å²) >= 11 is 0. The molecule has 0 saturated heterocycles. The molecule has 0 aliphatic heterocycles. The summed E-state index contributed by atoms with van der Waals surface area (Å²) in [5.41, 5.74) is 3.39. The van der Waals surface area contributed by atoms with Gasteiger partial charge in [0.1, 0.15) is 18.9 Å². The number of rotatable bonds is 12. The number of carbonyl (C=O) groups is 1. The van der Waals surface area contributed by atoms with Gasteiger partial charge in [-0.05, 0) is 42.0 Å². The van der Waals surface area contributed by atoms with Crippen molar-refractivity contribution in [3.05, 3.63) is 91.0 Å². The van der Waals surface area contributed by atoms with Gasteiger partial charge >= 0.3 is 0 Å². The number of hydrogen-bond donors (Lipinski definition) is 1. The molecule has 0 atom stereocenters. The van der Waals surface area contributed by atoms with Gasteiger partial charge in [0.2, 0.25) is 0 Å². The molecule has 0 aromatic heterocycles. The Morgan fingerprint density at radius 2 is 1.75 bits per heavy atom. The molecule has 0 aliphatic rings. The smallest absolute Gasteiger partial charge is 0.264 e. The number of carbonyl (C=O) groups excluding carboxylic acids is 1. The monoisotopic (exact) mass is 509 g/mol. The third-order valence-electron chi connectivity index (χ3n) is 4.90. The molecule has 3 rings (SSSR count). The second-order valence-electron chi connectivity index (χ2n) is 7.33. The Morgan fingerprint density at radius 1 is 1.00 bits per heavy atom. The highest BCUT2D eigenvalue weighted by Gasteiger charge is 2.28. The number of benzene rings is 3. The number of hydrazone groups is 1. The number of methoxy groups -OCH3 is 2. The Kier molecular flexibility index (Phi) is 9.07. The van der Waals surface area contributed by atoms with E-state index in [4.69, 9.17) is 14.2 Å². The van der Waals surface area contributed by atoms with Crippen LogP contribution in [0.25, 0.3) is 0 Å². The lowest BCUT2D eigenvalue weighted by molar-refractivity contribution is -0.119. The van der Waals surface area contributed by atoms with Crippen LogP contribution in [0.2, 0.25) is 0 Å². The van der Waals surface area contributed by atoms with Crippen molar-refractivity contribution >= 4 is 27.8 Å². The number of anilines is 1. The average molecular weight is 510 g/mol. The van der Waals surface area contributed by atoms with Gasteiger partial charge in [0.25, 0.3) is 15.9 Å². The zero-order valence-corrected chi connectivity index (χ0v) is 20.8. The minimum Gasteiger partial charge on any atom is -0.493 e. The summed E-state index contributed by atoms with van der Waals surface area (Å²) in [4.78, 5) is 12.7. The van der Waals surface area contributed by atoms with Gasteiger partial charge < -0.3 is 14.2 Å². The van der Waals surface area contributed by atoms with Crippen molar-refractivity contribution in [1.29, 1.82) is 0 Å². The van der Waals surface area contributed by atoms with E-state index in [1.165, 1.54) is 38.6 Å². The van der Waals surface area contributed by atoms with Crippen molar-refractivity contribution < 1.29 is 27.4 Å². The van der Waals surface area contributed by atoms with Gasteiger partial charge in [0, 0.05) is 6.07 Å². The topological polar surface area (TPSA) is 107 Å². The van der Waals surface area contributed by atoms with Crippen LogP contribution < -0.4 is 23.9 Å². The highest BCUT2D eigenvalue weighted by Crippen LogP contribution is 2.32. The largest absolute Gasteiger partial charge is 0.493 e. The van der Waals surface area contributed by atoms with Gasteiger partial charge in [-0.25, -0.2) is 13.8 Å². The van der Waals surface area contributed by atoms with Crippen molar-refractivity contribution in [3.8, 4) is 17.2 Å². The number of hydrogen-bond acceptors (Lipinski definition) is 7. The normalized spacial score (nSPS) is 11.1. The Labute approximate surface area is 210 Å². The van der Waals surface area contributed by atoms with E-state index >= 15 is 0 Å². The number of nitrogens with zero attached hydrogens (tertiary/aromatic N) is 2. The van der Waals surface area contributed by atoms with E-state index in [2.05, 4.69) is 17.1 Å². The third kappa shape index (κ3) is 6.63. The molecule has 0 saturated carbocycles. The van der Waals surface area contributed by atoms with Crippen LogP contribution in [0.1, 0.15) is 5.56 Å². The fraction of sp³-hybridized carbons (Fsp3) is 0.154. The molecule has 188 valence electrons. The molecule has 3 aromatic rings. The fourth-order valence-corrected chi connectivity index (χ4v) is 4.63. The molecule has 1 N–H and O–H groups in total. The molecule has 0 fully saturated rings. The van der Waals surface area contributed by atoms with Crippen molar-refractivity contribution in [3.63, 3.8) is 0 Å². The van der Waals surface area contributed by atoms with Gasteiger partial charge in [0.05, 0.1) is 31.0 Å². The van der Waals surface area contributed by atoms with E-state index in [-0.39, 0.29) is 10.6 Å². The molecular formula is C26H27N3O6S. The van der Waals surface area contributed by atoms with Crippen LogP contribution in [0.15, 0.2) is 95.4 Å². The molecule has 36 heavy (non-hydrogen) atoms. The van der Waals surface area contributed by atoms with E-state index in [9.17, 15) is 13.2 Å². The SMILES string of the molecule is C=CCOc1cccc(/C=N\NC(=O)CN(c2ccccc2)S(=O)(=O)c2ccc(OC)c(OC)c2)c1. The second-order valence-corrected chi connectivity index (χ2v) is 9.19. The maximum Gasteiger partial charge on any atom is 0.264 e. The fourth-order valence-electron chi connectivity index (χ4n) is 3.20. The summed E-state index contributed by atoms with van der Waals surface area (Å²) < 4.78 is 44.0. The summed E-state index contributed by atoms with van der Waals surface area (Å²) in [5.74, 6) is 0.633. The van der Waals surface area contributed by atoms with Crippen LogP contribution in [-0.4, -0.2) is 47.9 Å². The Balaban J connectivity index is 1.81. The van der Waals surface area contributed by atoms with Crippen LogP contribution in [0.4, 0.5) is 5.69 Å². The second kappa shape index (κ2) is 12.4. The molecule has 0 unspecified atom stereocenters. The molecule has 10 heteroatoms. The van der Waals surface area contributed by atoms with Crippen LogP contribution in [0, 0.1) is 0 Å². The van der Waals surface area contributed by atoms with E-state index < -0.39 is 22.5 Å². The minimum atomic E-state index is -4.14. The quantitative estimate of drug-likeness (QED) is 0.227. The number of sulfonamides is 1. The number of nitrogens with one attached hydrogen (secondary N) is 1. The number of para-hydroxylation sites is 1. The van der Waals surface area contributed by atoms with E-state index in [1.54, 1.807) is 60.7 Å². The summed E-state index contributed by atoms with van der Waals surface area (Å²) in [6.07, 6.45) is 3.07. The van der Waals surface area contributed by atoms with Crippen molar-refractivity contribution in [1.82, 2.24) is 5.43 Å². The first kappa shape index (κ1) is 26.3. The Morgan fingerprint density at radius 3 is 2.44 bits per heavy atom.